The number of benzene rings is 1. The van der Waals surface area contributed by atoms with Gasteiger partial charge in [-0.3, -0.25) is 9.59 Å². The van der Waals surface area contributed by atoms with E-state index in [1.165, 1.54) is 0 Å². The number of hydrogen-bond acceptors (Lipinski definition) is 3. The van der Waals surface area contributed by atoms with Crippen molar-refractivity contribution in [2.24, 2.45) is 0 Å². The van der Waals surface area contributed by atoms with E-state index < -0.39 is 6.04 Å². The normalized spacial score (nSPS) is 27.4. The van der Waals surface area contributed by atoms with Crippen LogP contribution in [0.2, 0.25) is 5.02 Å². The van der Waals surface area contributed by atoms with Gasteiger partial charge in [0, 0.05) is 23.8 Å². The summed E-state index contributed by atoms with van der Waals surface area (Å²) in [5.41, 5.74) is 1.53. The molecule has 1 aromatic carbocycles. The van der Waals surface area contributed by atoms with Gasteiger partial charge in [-0.15, -0.1) is 0 Å². The summed E-state index contributed by atoms with van der Waals surface area (Å²) in [5.74, 6) is 0.0317. The van der Waals surface area contributed by atoms with Crippen molar-refractivity contribution in [1.82, 2.24) is 15.1 Å². The van der Waals surface area contributed by atoms with Gasteiger partial charge in [-0.1, -0.05) is 17.7 Å². The number of nitrogens with zero attached hydrogens (tertiary/aromatic N) is 2. The Morgan fingerprint density at radius 1 is 1.19 bits per heavy atom. The Hall–Kier alpha value is -2.28. The highest BCUT2D eigenvalue weighted by atomic mass is 35.5. The number of aryl methyl sites for hydroxylation is 1. The van der Waals surface area contributed by atoms with Crippen molar-refractivity contribution >= 4 is 35.1 Å². The average Bonchev–Trinajstić information content (AvgIpc) is 3.23. The van der Waals surface area contributed by atoms with E-state index in [2.05, 4.69) is 10.6 Å². The number of anilines is 1. The zero-order valence-corrected chi connectivity index (χ0v) is 15.3. The summed E-state index contributed by atoms with van der Waals surface area (Å²) in [5, 5.41) is 6.20. The number of carbonyl (C=O) groups is 3. The molecule has 4 rings (SSSR count). The lowest BCUT2D eigenvalue weighted by Crippen LogP contribution is -2.60. The topological polar surface area (TPSA) is 81.8 Å². The Morgan fingerprint density at radius 3 is 2.73 bits per heavy atom. The number of fused-ring (bicyclic) bond motifs is 2. The SMILES string of the molecule is Cc1ccc(NC(=O)N[C@H]2C[C@H]3C(=O)N4CCC[C@H]4C(=O)N3C2)cc1Cl. The highest BCUT2D eigenvalue weighted by Gasteiger charge is 2.51. The molecule has 0 saturated carbocycles. The Morgan fingerprint density at radius 2 is 1.96 bits per heavy atom. The molecule has 3 aliphatic heterocycles. The van der Waals surface area contributed by atoms with Gasteiger partial charge >= 0.3 is 6.03 Å². The lowest BCUT2D eigenvalue weighted by Gasteiger charge is -2.38. The number of rotatable bonds is 2. The number of piperazine rings is 1. The van der Waals surface area contributed by atoms with Crippen molar-refractivity contribution < 1.29 is 14.4 Å². The number of halogens is 1. The molecule has 4 amide bonds. The first-order valence-corrected chi connectivity index (χ1v) is 9.26. The third kappa shape index (κ3) is 2.90. The predicted octanol–water partition coefficient (Wildman–Crippen LogP) is 1.74. The van der Waals surface area contributed by atoms with Crippen LogP contribution in [0, 0.1) is 6.92 Å². The van der Waals surface area contributed by atoms with Crippen molar-refractivity contribution in [1.29, 1.82) is 0 Å². The summed E-state index contributed by atoms with van der Waals surface area (Å²) in [4.78, 5) is 40.8. The second-order valence-electron chi connectivity index (χ2n) is 7.19. The number of nitrogens with one attached hydrogen (secondary N) is 2. The van der Waals surface area contributed by atoms with Crippen LogP contribution in [0.5, 0.6) is 0 Å². The Labute approximate surface area is 156 Å². The molecule has 0 aromatic heterocycles. The van der Waals surface area contributed by atoms with Crippen LogP contribution in [0.3, 0.4) is 0 Å². The van der Waals surface area contributed by atoms with Crippen molar-refractivity contribution in [2.45, 2.75) is 44.3 Å². The maximum atomic E-state index is 12.6. The molecule has 1 aromatic rings. The first-order chi connectivity index (χ1) is 12.4. The molecule has 2 N–H and O–H groups in total. The molecule has 138 valence electrons. The zero-order chi connectivity index (χ0) is 18.4. The summed E-state index contributed by atoms with van der Waals surface area (Å²) < 4.78 is 0. The first kappa shape index (κ1) is 17.1. The molecule has 26 heavy (non-hydrogen) atoms. The van der Waals surface area contributed by atoms with E-state index in [0.717, 1.165) is 18.4 Å². The van der Waals surface area contributed by atoms with Crippen molar-refractivity contribution in [3.63, 3.8) is 0 Å². The van der Waals surface area contributed by atoms with Gasteiger partial charge in [-0.25, -0.2) is 4.79 Å². The molecule has 0 aliphatic carbocycles. The molecule has 0 spiro atoms. The average molecular weight is 377 g/mol. The molecule has 0 unspecified atom stereocenters. The predicted molar refractivity (Wildman–Crippen MR) is 97.0 cm³/mol. The largest absolute Gasteiger partial charge is 0.333 e. The van der Waals surface area contributed by atoms with E-state index in [9.17, 15) is 14.4 Å². The van der Waals surface area contributed by atoms with Gasteiger partial charge in [-0.2, -0.15) is 0 Å². The summed E-state index contributed by atoms with van der Waals surface area (Å²) >= 11 is 6.07. The van der Waals surface area contributed by atoms with Crippen molar-refractivity contribution in [3.05, 3.63) is 28.8 Å². The number of carbonyl (C=O) groups excluding carboxylic acids is 3. The lowest BCUT2D eigenvalue weighted by atomic mass is 10.1. The third-order valence-corrected chi connectivity index (χ3v) is 5.86. The van der Waals surface area contributed by atoms with E-state index in [0.29, 0.717) is 30.2 Å². The third-order valence-electron chi connectivity index (χ3n) is 5.46. The van der Waals surface area contributed by atoms with Gasteiger partial charge in [0.15, 0.2) is 0 Å². The second kappa shape index (κ2) is 6.46. The molecule has 8 heteroatoms. The molecule has 3 aliphatic rings. The van der Waals surface area contributed by atoms with Crippen LogP contribution in [0.15, 0.2) is 18.2 Å². The van der Waals surface area contributed by atoms with Gasteiger partial charge < -0.3 is 20.4 Å². The smallest absolute Gasteiger partial charge is 0.319 e. The fraction of sp³-hybridized carbons (Fsp3) is 0.500. The van der Waals surface area contributed by atoms with Crippen LogP contribution in [0.25, 0.3) is 0 Å². The van der Waals surface area contributed by atoms with E-state index in [1.807, 2.05) is 13.0 Å². The van der Waals surface area contributed by atoms with E-state index in [1.54, 1.807) is 21.9 Å². The van der Waals surface area contributed by atoms with Crippen LogP contribution < -0.4 is 10.6 Å². The summed E-state index contributed by atoms with van der Waals surface area (Å²) in [6, 6.07) is 3.94. The minimum Gasteiger partial charge on any atom is -0.333 e. The molecule has 3 atom stereocenters. The van der Waals surface area contributed by atoms with Crippen LogP contribution in [-0.4, -0.2) is 58.9 Å². The molecular formula is C18H21ClN4O3. The molecule has 7 nitrogen and oxygen atoms in total. The Kier molecular flexibility index (Phi) is 4.26. The van der Waals surface area contributed by atoms with E-state index in [4.69, 9.17) is 11.6 Å². The monoisotopic (exact) mass is 376 g/mol. The van der Waals surface area contributed by atoms with Gasteiger partial charge in [0.05, 0.1) is 6.04 Å². The summed E-state index contributed by atoms with van der Waals surface area (Å²) in [7, 11) is 0. The maximum Gasteiger partial charge on any atom is 0.319 e. The first-order valence-electron chi connectivity index (χ1n) is 8.88. The van der Waals surface area contributed by atoms with E-state index >= 15 is 0 Å². The van der Waals surface area contributed by atoms with Gasteiger partial charge in [-0.05, 0) is 43.9 Å². The molecule has 3 heterocycles. The van der Waals surface area contributed by atoms with Crippen LogP contribution in [-0.2, 0) is 9.59 Å². The van der Waals surface area contributed by atoms with Crippen LogP contribution in [0.4, 0.5) is 10.5 Å². The van der Waals surface area contributed by atoms with Crippen molar-refractivity contribution in [2.75, 3.05) is 18.4 Å². The molecule has 3 fully saturated rings. The number of hydrogen-bond donors (Lipinski definition) is 2. The molecular weight excluding hydrogens is 356 g/mol. The highest BCUT2D eigenvalue weighted by molar-refractivity contribution is 6.31. The van der Waals surface area contributed by atoms with Crippen LogP contribution in [0.1, 0.15) is 24.8 Å². The van der Waals surface area contributed by atoms with Crippen molar-refractivity contribution in [3.8, 4) is 0 Å². The summed E-state index contributed by atoms with van der Waals surface area (Å²) in [6.45, 7) is 2.92. The van der Waals surface area contributed by atoms with E-state index in [-0.39, 0.29) is 29.9 Å². The second-order valence-corrected chi connectivity index (χ2v) is 7.60. The van der Waals surface area contributed by atoms with Gasteiger partial charge in [0.25, 0.3) is 0 Å². The molecule has 0 bridgehead atoms. The highest BCUT2D eigenvalue weighted by Crippen LogP contribution is 2.32. The summed E-state index contributed by atoms with van der Waals surface area (Å²) in [6.07, 6.45) is 2.07. The number of urea groups is 1. The minimum atomic E-state index is -0.448. The quantitative estimate of drug-likeness (QED) is 0.825. The van der Waals surface area contributed by atoms with Gasteiger partial charge in [0.1, 0.15) is 12.1 Å². The lowest BCUT2D eigenvalue weighted by molar-refractivity contribution is -0.156. The van der Waals surface area contributed by atoms with Gasteiger partial charge in [0.2, 0.25) is 11.8 Å². The standard InChI is InChI=1S/C18H21ClN4O3/c1-10-4-5-11(7-13(10)19)20-18(26)21-12-8-15-17(25)22-6-2-3-14(22)16(24)23(15)9-12/h4-5,7,12,14-15H,2-3,6,8-9H2,1H3,(H2,20,21,26)/t12-,14-,15-/m0/s1. The Balaban J connectivity index is 1.39. The Bertz CT molecular complexity index is 754. The fourth-order valence-corrected chi connectivity index (χ4v) is 4.29. The molecule has 0 radical (unpaired) electrons. The fourth-order valence-electron chi connectivity index (χ4n) is 4.11. The minimum absolute atomic E-state index is 0.0159. The molecule has 3 saturated heterocycles. The maximum absolute atomic E-state index is 12.6. The zero-order valence-electron chi connectivity index (χ0n) is 14.5. The number of amides is 4. The van der Waals surface area contributed by atoms with Crippen LogP contribution >= 0.6 is 11.6 Å².